The van der Waals surface area contributed by atoms with Gasteiger partial charge in [0.05, 0.1) is 12.0 Å². The van der Waals surface area contributed by atoms with E-state index in [1.54, 1.807) is 0 Å². The van der Waals surface area contributed by atoms with Gasteiger partial charge in [0, 0.05) is 26.4 Å². The van der Waals surface area contributed by atoms with Gasteiger partial charge < -0.3 is 14.9 Å². The highest BCUT2D eigenvalue weighted by molar-refractivity contribution is 7.92. The summed E-state index contributed by atoms with van der Waals surface area (Å²) in [5, 5.41) is -0.124. The van der Waals surface area contributed by atoms with Crippen LogP contribution in [-0.2, 0) is 24.1 Å². The van der Waals surface area contributed by atoms with Crippen LogP contribution in [0.3, 0.4) is 0 Å². The van der Waals surface area contributed by atoms with Crippen LogP contribution in [-0.4, -0.2) is 22.5 Å². The lowest BCUT2D eigenvalue weighted by Gasteiger charge is -2.09. The van der Waals surface area contributed by atoms with Crippen LogP contribution in [0.15, 0.2) is 34.5 Å². The van der Waals surface area contributed by atoms with E-state index in [1.807, 2.05) is 0 Å². The number of nitrogens with two attached hydrogens (primary N) is 1. The quantitative estimate of drug-likeness (QED) is 0.788. The van der Waals surface area contributed by atoms with Crippen LogP contribution in [0.1, 0.15) is 0 Å². The number of pyridine rings is 1. The van der Waals surface area contributed by atoms with Crippen molar-refractivity contribution in [2.24, 2.45) is 14.1 Å². The minimum absolute atomic E-state index is 0.0835. The number of imidazole rings is 1. The zero-order valence-electron chi connectivity index (χ0n) is 10.4. The van der Waals surface area contributed by atoms with Crippen molar-refractivity contribution in [2.75, 3.05) is 10.5 Å². The van der Waals surface area contributed by atoms with Gasteiger partial charge in [0.25, 0.3) is 10.0 Å². The molecule has 3 N–H and O–H groups in total. The molecule has 2 heterocycles. The van der Waals surface area contributed by atoms with E-state index in [0.29, 0.717) is 0 Å². The summed E-state index contributed by atoms with van der Waals surface area (Å²) in [6.07, 6.45) is 2.69. The first-order chi connectivity index (χ1) is 8.81. The van der Waals surface area contributed by atoms with E-state index in [9.17, 15) is 13.2 Å². The Hall–Kier alpha value is -2.29. The lowest BCUT2D eigenvalue weighted by molar-refractivity contribution is 0.592. The number of nitrogens with zero attached hydrogens (tertiary/aromatic N) is 3. The van der Waals surface area contributed by atoms with E-state index >= 15 is 0 Å². The average molecular weight is 283 g/mol. The normalized spacial score (nSPS) is 11.5. The minimum Gasteiger partial charge on any atom is -0.381 e. The van der Waals surface area contributed by atoms with Crippen molar-refractivity contribution in [1.82, 2.24) is 14.1 Å². The molecular formula is C10H13N5O3S. The van der Waals surface area contributed by atoms with Gasteiger partial charge in [0.2, 0.25) is 5.56 Å². The van der Waals surface area contributed by atoms with E-state index in [2.05, 4.69) is 9.71 Å². The second-order valence-corrected chi connectivity index (χ2v) is 5.62. The Balaban J connectivity index is 2.42. The highest BCUT2D eigenvalue weighted by Crippen LogP contribution is 2.18. The fourth-order valence-corrected chi connectivity index (χ4v) is 2.90. The van der Waals surface area contributed by atoms with Gasteiger partial charge in [-0.25, -0.2) is 4.98 Å². The van der Waals surface area contributed by atoms with Crippen molar-refractivity contribution in [3.05, 3.63) is 35.0 Å². The van der Waals surface area contributed by atoms with Crippen molar-refractivity contribution in [2.45, 2.75) is 5.03 Å². The maximum atomic E-state index is 12.2. The molecule has 0 bridgehead atoms. The monoisotopic (exact) mass is 283 g/mol. The minimum atomic E-state index is -3.85. The van der Waals surface area contributed by atoms with Crippen LogP contribution in [0.25, 0.3) is 0 Å². The molecule has 0 radical (unpaired) electrons. The van der Waals surface area contributed by atoms with Crippen molar-refractivity contribution in [3.63, 3.8) is 0 Å². The van der Waals surface area contributed by atoms with Gasteiger partial charge in [0.15, 0.2) is 10.8 Å². The van der Waals surface area contributed by atoms with Gasteiger partial charge in [-0.3, -0.25) is 9.52 Å². The van der Waals surface area contributed by atoms with Crippen LogP contribution >= 0.6 is 0 Å². The number of hydrogen-bond acceptors (Lipinski definition) is 5. The molecule has 0 atom stereocenters. The van der Waals surface area contributed by atoms with Crippen molar-refractivity contribution >= 4 is 21.5 Å². The molecule has 2 rings (SSSR count). The fraction of sp³-hybridized carbons (Fsp3) is 0.200. The Morgan fingerprint density at radius 2 is 1.95 bits per heavy atom. The van der Waals surface area contributed by atoms with Gasteiger partial charge in [-0.1, -0.05) is 0 Å². The summed E-state index contributed by atoms with van der Waals surface area (Å²) < 4.78 is 29.2. The Morgan fingerprint density at radius 1 is 1.26 bits per heavy atom. The number of aromatic nitrogens is 3. The molecule has 2 aromatic rings. The van der Waals surface area contributed by atoms with E-state index in [4.69, 9.17) is 5.73 Å². The lowest BCUT2D eigenvalue weighted by atomic mass is 10.4. The SMILES string of the molecule is Cn1cnc(N)c1S(=O)(=O)Nc1ccc(=O)n(C)c1. The summed E-state index contributed by atoms with van der Waals surface area (Å²) in [4.78, 5) is 14.9. The van der Waals surface area contributed by atoms with Gasteiger partial charge in [-0.15, -0.1) is 0 Å². The molecule has 0 aliphatic heterocycles. The Labute approximate surface area is 109 Å². The highest BCUT2D eigenvalue weighted by Gasteiger charge is 2.22. The number of rotatable bonds is 3. The summed E-state index contributed by atoms with van der Waals surface area (Å²) >= 11 is 0. The molecular weight excluding hydrogens is 270 g/mol. The Bertz CT molecular complexity index is 755. The predicted octanol–water partition coefficient (Wildman–Crippen LogP) is -0.498. The van der Waals surface area contributed by atoms with Crippen molar-refractivity contribution in [1.29, 1.82) is 0 Å². The third kappa shape index (κ3) is 2.45. The molecule has 0 aliphatic rings. The molecule has 0 spiro atoms. The molecule has 8 nitrogen and oxygen atoms in total. The van der Waals surface area contributed by atoms with E-state index in [0.717, 1.165) is 0 Å². The third-order valence-electron chi connectivity index (χ3n) is 2.50. The first-order valence-corrected chi connectivity index (χ1v) is 6.76. The van der Waals surface area contributed by atoms with Crippen LogP contribution < -0.4 is 16.0 Å². The maximum absolute atomic E-state index is 12.2. The summed E-state index contributed by atoms with van der Waals surface area (Å²) in [6.45, 7) is 0. The smallest absolute Gasteiger partial charge is 0.281 e. The summed E-state index contributed by atoms with van der Waals surface area (Å²) in [5.41, 5.74) is 5.56. The van der Waals surface area contributed by atoms with Crippen LogP contribution in [0.2, 0.25) is 0 Å². The van der Waals surface area contributed by atoms with Crippen molar-refractivity contribution in [3.8, 4) is 0 Å². The standard InChI is InChI=1S/C10H13N5O3S/c1-14-5-7(3-4-8(14)16)13-19(17,18)10-9(11)12-6-15(10)2/h3-6,13H,11H2,1-2H3. The molecule has 0 saturated carbocycles. The van der Waals surface area contributed by atoms with Crippen molar-refractivity contribution < 1.29 is 8.42 Å². The van der Waals surface area contributed by atoms with Gasteiger partial charge in [0.1, 0.15) is 0 Å². The third-order valence-corrected chi connectivity index (χ3v) is 4.01. The summed E-state index contributed by atoms with van der Waals surface area (Å²) in [7, 11) is -0.798. The largest absolute Gasteiger partial charge is 0.381 e. The molecule has 0 aliphatic carbocycles. The fourth-order valence-electron chi connectivity index (χ4n) is 1.62. The Kier molecular flexibility index (Phi) is 3.06. The number of anilines is 2. The molecule has 0 fully saturated rings. The van der Waals surface area contributed by atoms with E-state index < -0.39 is 10.0 Å². The summed E-state index contributed by atoms with van der Waals surface area (Å²) in [5.74, 6) is -0.0835. The first kappa shape index (κ1) is 13.1. The molecule has 2 aromatic heterocycles. The second kappa shape index (κ2) is 4.43. The number of nitrogen functional groups attached to an aromatic ring is 1. The first-order valence-electron chi connectivity index (χ1n) is 5.27. The zero-order chi connectivity index (χ0) is 14.2. The maximum Gasteiger partial charge on any atom is 0.281 e. The number of aryl methyl sites for hydroxylation is 2. The Morgan fingerprint density at radius 3 is 2.47 bits per heavy atom. The molecule has 9 heteroatoms. The van der Waals surface area contributed by atoms with E-state index in [1.165, 1.54) is 47.9 Å². The molecule has 0 amide bonds. The number of sulfonamides is 1. The topological polar surface area (TPSA) is 112 Å². The van der Waals surface area contributed by atoms with Gasteiger partial charge >= 0.3 is 0 Å². The average Bonchev–Trinajstić information content (AvgIpc) is 2.64. The lowest BCUT2D eigenvalue weighted by Crippen LogP contribution is -2.20. The van der Waals surface area contributed by atoms with Gasteiger partial charge in [-0.2, -0.15) is 8.42 Å². The zero-order valence-corrected chi connectivity index (χ0v) is 11.2. The molecule has 0 saturated heterocycles. The van der Waals surface area contributed by atoms with E-state index in [-0.39, 0.29) is 22.1 Å². The summed E-state index contributed by atoms with van der Waals surface area (Å²) in [6, 6.07) is 2.65. The highest BCUT2D eigenvalue weighted by atomic mass is 32.2. The molecule has 0 aromatic carbocycles. The van der Waals surface area contributed by atoms with Crippen LogP contribution in [0, 0.1) is 0 Å². The molecule has 19 heavy (non-hydrogen) atoms. The number of nitrogens with one attached hydrogen (secondary N) is 1. The van der Waals surface area contributed by atoms with Gasteiger partial charge in [-0.05, 0) is 6.07 Å². The predicted molar refractivity (Wildman–Crippen MR) is 70.1 cm³/mol. The molecule has 0 unspecified atom stereocenters. The number of hydrogen-bond donors (Lipinski definition) is 2. The molecule has 102 valence electrons. The van der Waals surface area contributed by atoms with Crippen LogP contribution in [0.5, 0.6) is 0 Å². The van der Waals surface area contributed by atoms with Crippen LogP contribution in [0.4, 0.5) is 11.5 Å². The second-order valence-electron chi connectivity index (χ2n) is 4.02.